The van der Waals surface area contributed by atoms with Crippen molar-refractivity contribution in [2.45, 2.75) is 19.8 Å². The van der Waals surface area contributed by atoms with Gasteiger partial charge in [0.2, 0.25) is 0 Å². The average molecular weight is 454 g/mol. The minimum atomic E-state index is -0.320. The van der Waals surface area contributed by atoms with Crippen LogP contribution in [0.2, 0.25) is 0 Å². The van der Waals surface area contributed by atoms with Crippen LogP contribution in [0, 0.1) is 0 Å². The topological polar surface area (TPSA) is 50.7 Å². The Hall–Kier alpha value is -1.66. The molecule has 6 heteroatoms. The van der Waals surface area contributed by atoms with Gasteiger partial charge in [0.05, 0.1) is 10.7 Å². The molecule has 0 aliphatic rings. The largest absolute Gasteiger partial charge is 0.483 e. The van der Waals surface area contributed by atoms with E-state index in [4.69, 9.17) is 4.74 Å². The summed E-state index contributed by atoms with van der Waals surface area (Å²) in [5.41, 5.74) is 4.65. The molecule has 0 aromatic heterocycles. The third kappa shape index (κ3) is 5.76. The molecular formula is C18H18Br2N2O2. The van der Waals surface area contributed by atoms with Crippen LogP contribution in [0.15, 0.2) is 56.5 Å². The second-order valence-corrected chi connectivity index (χ2v) is 7.25. The fourth-order valence-corrected chi connectivity index (χ4v) is 3.08. The summed E-state index contributed by atoms with van der Waals surface area (Å²) in [5, 5.41) is 3.94. The zero-order valence-electron chi connectivity index (χ0n) is 13.4. The predicted octanol–water partition coefficient (Wildman–Crippen LogP) is 4.86. The number of carbonyl (C=O) groups excluding carboxylic acids is 1. The number of amides is 1. The number of rotatable bonds is 6. The molecule has 2 aromatic rings. The molecule has 2 rings (SSSR count). The Balaban J connectivity index is 1.82. The molecule has 0 aliphatic heterocycles. The molecule has 0 saturated heterocycles. The van der Waals surface area contributed by atoms with E-state index in [9.17, 15) is 4.79 Å². The fraction of sp³-hybridized carbons (Fsp3) is 0.222. The smallest absolute Gasteiger partial charge is 0.277 e. The molecule has 0 spiro atoms. The summed E-state index contributed by atoms with van der Waals surface area (Å²) in [7, 11) is 0. The van der Waals surface area contributed by atoms with E-state index in [2.05, 4.69) is 68.4 Å². The highest BCUT2D eigenvalue weighted by molar-refractivity contribution is 9.11. The molecule has 24 heavy (non-hydrogen) atoms. The summed E-state index contributed by atoms with van der Waals surface area (Å²) in [6.07, 6.45) is 1.61. The number of halogens is 2. The van der Waals surface area contributed by atoms with Gasteiger partial charge in [0.15, 0.2) is 6.61 Å². The third-order valence-electron chi connectivity index (χ3n) is 3.26. The molecular weight excluding hydrogens is 436 g/mol. The Morgan fingerprint density at radius 3 is 2.54 bits per heavy atom. The number of hydrazone groups is 1. The van der Waals surface area contributed by atoms with Gasteiger partial charge in [-0.05, 0) is 51.2 Å². The van der Waals surface area contributed by atoms with E-state index in [1.807, 2.05) is 24.3 Å². The summed E-state index contributed by atoms with van der Waals surface area (Å²) in [6, 6.07) is 13.5. The van der Waals surface area contributed by atoms with E-state index in [1.54, 1.807) is 12.3 Å². The number of nitrogens with one attached hydrogen (secondary N) is 1. The Morgan fingerprint density at radius 2 is 1.92 bits per heavy atom. The lowest BCUT2D eigenvalue weighted by molar-refractivity contribution is -0.123. The first-order chi connectivity index (χ1) is 11.5. The van der Waals surface area contributed by atoms with Gasteiger partial charge < -0.3 is 4.74 Å². The maximum absolute atomic E-state index is 11.8. The number of ether oxygens (including phenoxy) is 1. The zero-order valence-corrected chi connectivity index (χ0v) is 16.6. The molecule has 4 nitrogen and oxygen atoms in total. The molecule has 0 radical (unpaired) electrons. The van der Waals surface area contributed by atoms with Crippen LogP contribution < -0.4 is 10.2 Å². The first-order valence-electron chi connectivity index (χ1n) is 7.45. The van der Waals surface area contributed by atoms with Crippen LogP contribution in [0.25, 0.3) is 0 Å². The normalized spacial score (nSPS) is 11.0. The number of nitrogens with zero attached hydrogens (tertiary/aromatic N) is 1. The van der Waals surface area contributed by atoms with Gasteiger partial charge in [0.25, 0.3) is 5.91 Å². The number of benzene rings is 2. The van der Waals surface area contributed by atoms with Crippen molar-refractivity contribution >= 4 is 44.0 Å². The van der Waals surface area contributed by atoms with Gasteiger partial charge in [-0.25, -0.2) is 5.43 Å². The lowest BCUT2D eigenvalue weighted by Gasteiger charge is -2.07. The van der Waals surface area contributed by atoms with Gasteiger partial charge >= 0.3 is 0 Å². The summed E-state index contributed by atoms with van der Waals surface area (Å²) < 4.78 is 7.15. The minimum absolute atomic E-state index is 0.107. The highest BCUT2D eigenvalue weighted by Crippen LogP contribution is 2.28. The van der Waals surface area contributed by atoms with E-state index in [0.717, 1.165) is 14.5 Å². The third-order valence-corrected chi connectivity index (χ3v) is 4.37. The Bertz CT molecular complexity index is 728. The number of hydrogen-bond acceptors (Lipinski definition) is 3. The van der Waals surface area contributed by atoms with Gasteiger partial charge in [-0.15, -0.1) is 0 Å². The van der Waals surface area contributed by atoms with Crippen LogP contribution >= 0.6 is 31.9 Å². The summed E-state index contributed by atoms with van der Waals surface area (Å²) >= 11 is 6.74. The van der Waals surface area contributed by atoms with Crippen LogP contribution in [0.1, 0.15) is 30.9 Å². The van der Waals surface area contributed by atoms with Crippen molar-refractivity contribution in [3.05, 3.63) is 62.5 Å². The molecule has 0 bridgehead atoms. The summed E-state index contributed by atoms with van der Waals surface area (Å²) in [5.74, 6) is 0.771. The monoisotopic (exact) mass is 452 g/mol. The first-order valence-corrected chi connectivity index (χ1v) is 9.04. The van der Waals surface area contributed by atoms with Crippen molar-refractivity contribution in [3.8, 4) is 5.75 Å². The van der Waals surface area contributed by atoms with Gasteiger partial charge in [-0.1, -0.05) is 54.0 Å². The second-order valence-electron chi connectivity index (χ2n) is 5.48. The molecule has 0 saturated carbocycles. The first kappa shape index (κ1) is 18.7. The highest BCUT2D eigenvalue weighted by atomic mass is 79.9. The van der Waals surface area contributed by atoms with Gasteiger partial charge in [-0.3, -0.25) is 4.79 Å². The molecule has 126 valence electrons. The Labute approximate surface area is 158 Å². The zero-order chi connectivity index (χ0) is 17.5. The van der Waals surface area contributed by atoms with Crippen molar-refractivity contribution in [1.82, 2.24) is 5.43 Å². The van der Waals surface area contributed by atoms with E-state index in [0.29, 0.717) is 11.7 Å². The van der Waals surface area contributed by atoms with E-state index >= 15 is 0 Å². The summed E-state index contributed by atoms with van der Waals surface area (Å²) in [4.78, 5) is 11.8. The van der Waals surface area contributed by atoms with Crippen LogP contribution in [-0.4, -0.2) is 18.7 Å². The molecule has 1 amide bonds. The van der Waals surface area contributed by atoms with Gasteiger partial charge in [0, 0.05) is 4.47 Å². The lowest BCUT2D eigenvalue weighted by Crippen LogP contribution is -2.24. The fourth-order valence-electron chi connectivity index (χ4n) is 1.91. The molecule has 0 fully saturated rings. The molecule has 0 aliphatic carbocycles. The van der Waals surface area contributed by atoms with E-state index < -0.39 is 0 Å². The highest BCUT2D eigenvalue weighted by Gasteiger charge is 2.05. The van der Waals surface area contributed by atoms with Crippen molar-refractivity contribution < 1.29 is 9.53 Å². The standard InChI is InChI=1S/C18H18Br2N2O2/c1-12(2)14-5-3-13(4-6-14)10-21-22-18(23)11-24-17-8-7-15(19)9-16(17)20/h3-10,12H,11H2,1-2H3,(H,22,23)/b21-10+. The Kier molecular flexibility index (Phi) is 6.99. The van der Waals surface area contributed by atoms with Crippen molar-refractivity contribution in [1.29, 1.82) is 0 Å². The van der Waals surface area contributed by atoms with Crippen LogP contribution in [0.4, 0.5) is 0 Å². The minimum Gasteiger partial charge on any atom is -0.483 e. The second kappa shape index (κ2) is 8.99. The van der Waals surface area contributed by atoms with Crippen LogP contribution in [0.5, 0.6) is 5.75 Å². The van der Waals surface area contributed by atoms with Crippen LogP contribution in [-0.2, 0) is 4.79 Å². The molecule has 2 aromatic carbocycles. The molecule has 1 N–H and O–H groups in total. The maximum Gasteiger partial charge on any atom is 0.277 e. The predicted molar refractivity (Wildman–Crippen MR) is 104 cm³/mol. The Morgan fingerprint density at radius 1 is 1.21 bits per heavy atom. The molecule has 0 heterocycles. The summed E-state index contributed by atoms with van der Waals surface area (Å²) in [6.45, 7) is 4.18. The number of hydrogen-bond donors (Lipinski definition) is 1. The maximum atomic E-state index is 11.8. The van der Waals surface area contributed by atoms with Crippen molar-refractivity contribution in [2.24, 2.45) is 5.10 Å². The quantitative estimate of drug-likeness (QED) is 0.501. The molecule has 0 atom stereocenters. The van der Waals surface area contributed by atoms with Gasteiger partial charge in [0.1, 0.15) is 5.75 Å². The van der Waals surface area contributed by atoms with E-state index in [1.165, 1.54) is 5.56 Å². The van der Waals surface area contributed by atoms with Gasteiger partial charge in [-0.2, -0.15) is 5.10 Å². The van der Waals surface area contributed by atoms with Crippen molar-refractivity contribution in [2.75, 3.05) is 6.61 Å². The average Bonchev–Trinajstić information content (AvgIpc) is 2.54. The molecule has 0 unspecified atom stereocenters. The lowest BCUT2D eigenvalue weighted by atomic mass is 10.0. The SMILES string of the molecule is CC(C)c1ccc(/C=N/NC(=O)COc2ccc(Br)cc2Br)cc1. The van der Waals surface area contributed by atoms with Crippen LogP contribution in [0.3, 0.4) is 0 Å². The van der Waals surface area contributed by atoms with Crippen molar-refractivity contribution in [3.63, 3.8) is 0 Å². The van der Waals surface area contributed by atoms with E-state index in [-0.39, 0.29) is 12.5 Å². The number of carbonyl (C=O) groups is 1.